The Morgan fingerprint density at radius 3 is 3.06 bits per heavy atom. The van der Waals surface area contributed by atoms with Gasteiger partial charge in [-0.1, -0.05) is 6.07 Å². The maximum absolute atomic E-state index is 11.7. The molecule has 1 aliphatic heterocycles. The number of carbonyl (C=O) groups excluding carboxylic acids is 2. The van der Waals surface area contributed by atoms with Gasteiger partial charge >= 0.3 is 0 Å². The monoisotopic (exact) mass is 219 g/mol. The predicted octanol–water partition coefficient (Wildman–Crippen LogP) is 0.0900. The first kappa shape index (κ1) is 10.6. The Balaban J connectivity index is 1.99. The molecular formula is C11H13N3O2. The van der Waals surface area contributed by atoms with Gasteiger partial charge in [0.1, 0.15) is 11.7 Å². The van der Waals surface area contributed by atoms with E-state index in [9.17, 15) is 9.59 Å². The highest BCUT2D eigenvalue weighted by molar-refractivity contribution is 5.96. The van der Waals surface area contributed by atoms with Gasteiger partial charge in [-0.25, -0.2) is 0 Å². The molecule has 0 saturated carbocycles. The average Bonchev–Trinajstić information content (AvgIpc) is 2.33. The minimum Gasteiger partial charge on any atom is -0.354 e. The van der Waals surface area contributed by atoms with Crippen LogP contribution in [0.4, 0.5) is 0 Å². The first-order valence-electron chi connectivity index (χ1n) is 5.27. The SMILES string of the molecule is O=C(NC1CCCNC1=O)c1ccccn1. The lowest BCUT2D eigenvalue weighted by molar-refractivity contribution is -0.124. The second-order valence-corrected chi connectivity index (χ2v) is 3.67. The zero-order valence-electron chi connectivity index (χ0n) is 8.77. The normalized spacial score (nSPS) is 20.0. The lowest BCUT2D eigenvalue weighted by Crippen LogP contribution is -2.50. The second kappa shape index (κ2) is 4.74. The quantitative estimate of drug-likeness (QED) is 0.740. The Bertz CT molecular complexity index is 391. The van der Waals surface area contributed by atoms with Crippen molar-refractivity contribution in [2.75, 3.05) is 6.54 Å². The fourth-order valence-electron chi connectivity index (χ4n) is 1.64. The molecule has 0 aliphatic carbocycles. The van der Waals surface area contributed by atoms with Crippen molar-refractivity contribution in [3.8, 4) is 0 Å². The van der Waals surface area contributed by atoms with Crippen LogP contribution >= 0.6 is 0 Å². The van der Waals surface area contributed by atoms with E-state index in [0.717, 1.165) is 6.42 Å². The van der Waals surface area contributed by atoms with Gasteiger partial charge in [-0.3, -0.25) is 14.6 Å². The van der Waals surface area contributed by atoms with Gasteiger partial charge in [-0.2, -0.15) is 0 Å². The van der Waals surface area contributed by atoms with Crippen LogP contribution in [0.1, 0.15) is 23.3 Å². The fourth-order valence-corrected chi connectivity index (χ4v) is 1.64. The van der Waals surface area contributed by atoms with Crippen molar-refractivity contribution in [2.24, 2.45) is 0 Å². The van der Waals surface area contributed by atoms with Gasteiger partial charge in [-0.15, -0.1) is 0 Å². The lowest BCUT2D eigenvalue weighted by Gasteiger charge is -2.22. The van der Waals surface area contributed by atoms with Crippen LogP contribution in [0.15, 0.2) is 24.4 Å². The minimum atomic E-state index is -0.428. The molecule has 0 bridgehead atoms. The standard InChI is InChI=1S/C11H13N3O2/c15-10-9(5-3-7-13-10)14-11(16)8-4-1-2-6-12-8/h1-2,4,6,9H,3,5,7H2,(H,13,15)(H,14,16). The highest BCUT2D eigenvalue weighted by Crippen LogP contribution is 2.04. The highest BCUT2D eigenvalue weighted by Gasteiger charge is 2.24. The number of nitrogens with one attached hydrogen (secondary N) is 2. The molecule has 1 saturated heterocycles. The van der Waals surface area contributed by atoms with Crippen LogP contribution in [-0.4, -0.2) is 29.4 Å². The molecule has 2 heterocycles. The molecule has 1 aliphatic rings. The molecule has 16 heavy (non-hydrogen) atoms. The van der Waals surface area contributed by atoms with Crippen LogP contribution in [0.5, 0.6) is 0 Å². The molecule has 2 amide bonds. The van der Waals surface area contributed by atoms with E-state index in [1.54, 1.807) is 24.4 Å². The average molecular weight is 219 g/mol. The summed E-state index contributed by atoms with van der Waals surface area (Å²) in [5, 5.41) is 5.39. The van der Waals surface area contributed by atoms with Crippen LogP contribution in [0, 0.1) is 0 Å². The third-order valence-corrected chi connectivity index (χ3v) is 2.49. The van der Waals surface area contributed by atoms with E-state index in [4.69, 9.17) is 0 Å². The number of hydrogen-bond donors (Lipinski definition) is 2. The van der Waals surface area contributed by atoms with Crippen molar-refractivity contribution in [1.82, 2.24) is 15.6 Å². The van der Waals surface area contributed by atoms with Crippen LogP contribution in [0.2, 0.25) is 0 Å². The number of nitrogens with zero attached hydrogens (tertiary/aromatic N) is 1. The van der Waals surface area contributed by atoms with Crippen molar-refractivity contribution >= 4 is 11.8 Å². The summed E-state index contributed by atoms with van der Waals surface area (Å²) >= 11 is 0. The Hall–Kier alpha value is -1.91. The van der Waals surface area contributed by atoms with Crippen molar-refractivity contribution < 1.29 is 9.59 Å². The predicted molar refractivity (Wildman–Crippen MR) is 57.7 cm³/mol. The van der Waals surface area contributed by atoms with Gasteiger partial charge in [0.15, 0.2) is 0 Å². The van der Waals surface area contributed by atoms with Gasteiger partial charge in [0.2, 0.25) is 5.91 Å². The highest BCUT2D eigenvalue weighted by atomic mass is 16.2. The van der Waals surface area contributed by atoms with Gasteiger partial charge in [0, 0.05) is 12.7 Å². The topological polar surface area (TPSA) is 71.1 Å². The molecule has 2 rings (SSSR count). The number of rotatable bonds is 2. The molecule has 1 aromatic rings. The van der Waals surface area contributed by atoms with Gasteiger partial charge < -0.3 is 10.6 Å². The number of piperidine rings is 1. The van der Waals surface area contributed by atoms with Gasteiger partial charge in [0.05, 0.1) is 0 Å². The summed E-state index contributed by atoms with van der Waals surface area (Å²) in [4.78, 5) is 27.0. The molecule has 0 radical (unpaired) electrons. The summed E-state index contributed by atoms with van der Waals surface area (Å²) in [6, 6.07) is 4.67. The third kappa shape index (κ3) is 2.36. The minimum absolute atomic E-state index is 0.115. The van der Waals surface area contributed by atoms with Crippen LogP contribution in [0.25, 0.3) is 0 Å². The molecule has 1 aromatic heterocycles. The van der Waals surface area contributed by atoms with Crippen molar-refractivity contribution in [3.05, 3.63) is 30.1 Å². The zero-order valence-corrected chi connectivity index (χ0v) is 8.77. The molecule has 0 aromatic carbocycles. The maximum atomic E-state index is 11.7. The van der Waals surface area contributed by atoms with Crippen molar-refractivity contribution in [1.29, 1.82) is 0 Å². The molecule has 2 N–H and O–H groups in total. The first-order valence-corrected chi connectivity index (χ1v) is 5.27. The largest absolute Gasteiger partial charge is 0.354 e. The molecule has 84 valence electrons. The van der Waals surface area contributed by atoms with E-state index >= 15 is 0 Å². The van der Waals surface area contributed by atoms with E-state index in [1.165, 1.54) is 0 Å². The Labute approximate surface area is 93.3 Å². The van der Waals surface area contributed by atoms with E-state index in [-0.39, 0.29) is 11.8 Å². The fraction of sp³-hybridized carbons (Fsp3) is 0.364. The summed E-state index contributed by atoms with van der Waals surface area (Å²) in [7, 11) is 0. The van der Waals surface area contributed by atoms with Crippen LogP contribution < -0.4 is 10.6 Å². The number of amides is 2. The van der Waals surface area contributed by atoms with Gasteiger partial charge in [-0.05, 0) is 25.0 Å². The Kier molecular flexibility index (Phi) is 3.14. The summed E-state index contributed by atoms with van der Waals surface area (Å²) in [5.74, 6) is -0.418. The first-order chi connectivity index (χ1) is 7.77. The number of aromatic nitrogens is 1. The molecular weight excluding hydrogens is 206 g/mol. The second-order valence-electron chi connectivity index (χ2n) is 3.67. The third-order valence-electron chi connectivity index (χ3n) is 2.49. The summed E-state index contributed by atoms with van der Waals surface area (Å²) in [5.41, 5.74) is 0.334. The van der Waals surface area contributed by atoms with E-state index in [1.807, 2.05) is 0 Å². The summed E-state index contributed by atoms with van der Waals surface area (Å²) < 4.78 is 0. The summed E-state index contributed by atoms with van der Waals surface area (Å²) in [6.45, 7) is 0.689. The molecule has 1 atom stereocenters. The zero-order chi connectivity index (χ0) is 11.4. The van der Waals surface area contributed by atoms with Crippen LogP contribution in [0.3, 0.4) is 0 Å². The van der Waals surface area contributed by atoms with Crippen LogP contribution in [-0.2, 0) is 4.79 Å². The number of hydrogen-bond acceptors (Lipinski definition) is 3. The lowest BCUT2D eigenvalue weighted by atomic mass is 10.1. The van der Waals surface area contributed by atoms with E-state index in [2.05, 4.69) is 15.6 Å². The van der Waals surface area contributed by atoms with Gasteiger partial charge in [0.25, 0.3) is 5.91 Å². The van der Waals surface area contributed by atoms with E-state index < -0.39 is 6.04 Å². The van der Waals surface area contributed by atoms with Crippen molar-refractivity contribution in [2.45, 2.75) is 18.9 Å². The molecule has 5 nitrogen and oxygen atoms in total. The molecule has 1 unspecified atom stereocenters. The smallest absolute Gasteiger partial charge is 0.270 e. The summed E-state index contributed by atoms with van der Waals surface area (Å²) in [6.07, 6.45) is 3.12. The number of pyridine rings is 1. The maximum Gasteiger partial charge on any atom is 0.270 e. The Morgan fingerprint density at radius 2 is 2.38 bits per heavy atom. The number of carbonyl (C=O) groups is 2. The molecule has 0 spiro atoms. The molecule has 5 heteroatoms. The van der Waals surface area contributed by atoms with Crippen molar-refractivity contribution in [3.63, 3.8) is 0 Å². The Morgan fingerprint density at radius 1 is 1.50 bits per heavy atom. The van der Waals surface area contributed by atoms with E-state index in [0.29, 0.717) is 18.7 Å². The molecule has 1 fully saturated rings.